The van der Waals surface area contributed by atoms with Crippen LogP contribution in [0.5, 0.6) is 0 Å². The first-order chi connectivity index (χ1) is 10.4. The highest BCUT2D eigenvalue weighted by molar-refractivity contribution is 5.95. The molecular weight excluding hydrogens is 282 g/mol. The van der Waals surface area contributed by atoms with Gasteiger partial charge in [0.05, 0.1) is 6.04 Å². The largest absolute Gasteiger partial charge is 0.480 e. The van der Waals surface area contributed by atoms with Crippen molar-refractivity contribution in [1.82, 2.24) is 15.1 Å². The number of carbonyl (C=O) groups excluding carboxylic acids is 1. The lowest BCUT2D eigenvalue weighted by molar-refractivity contribution is -0.139. The van der Waals surface area contributed by atoms with Gasteiger partial charge in [-0.15, -0.1) is 0 Å². The van der Waals surface area contributed by atoms with Crippen LogP contribution in [0.25, 0.3) is 0 Å². The maximum Gasteiger partial charge on any atom is 0.326 e. The zero-order valence-corrected chi connectivity index (χ0v) is 13.9. The van der Waals surface area contributed by atoms with Crippen LogP contribution in [-0.4, -0.2) is 32.8 Å². The molecule has 6 heteroatoms. The summed E-state index contributed by atoms with van der Waals surface area (Å²) in [6.07, 6.45) is 3.97. The van der Waals surface area contributed by atoms with Gasteiger partial charge in [0, 0.05) is 5.69 Å². The Balaban J connectivity index is 2.84. The summed E-state index contributed by atoms with van der Waals surface area (Å²) in [5, 5.41) is 16.1. The lowest BCUT2D eigenvalue weighted by Crippen LogP contribution is -2.41. The second-order valence-electron chi connectivity index (χ2n) is 5.59. The molecule has 1 aromatic heterocycles. The van der Waals surface area contributed by atoms with Gasteiger partial charge in [-0.25, -0.2) is 4.79 Å². The zero-order valence-electron chi connectivity index (χ0n) is 13.9. The molecule has 0 aliphatic carbocycles. The fourth-order valence-electron chi connectivity index (χ4n) is 2.50. The van der Waals surface area contributed by atoms with Crippen LogP contribution in [0.2, 0.25) is 0 Å². The van der Waals surface area contributed by atoms with E-state index in [1.165, 1.54) is 0 Å². The van der Waals surface area contributed by atoms with E-state index in [1.54, 1.807) is 6.07 Å². The van der Waals surface area contributed by atoms with Crippen molar-refractivity contribution < 1.29 is 14.7 Å². The van der Waals surface area contributed by atoms with Crippen LogP contribution in [0.4, 0.5) is 0 Å². The van der Waals surface area contributed by atoms with E-state index in [4.69, 9.17) is 0 Å². The van der Waals surface area contributed by atoms with Crippen molar-refractivity contribution in [3.8, 4) is 0 Å². The first kappa shape index (κ1) is 18.2. The maximum absolute atomic E-state index is 12.2. The zero-order chi connectivity index (χ0) is 16.7. The molecule has 1 heterocycles. The van der Waals surface area contributed by atoms with Gasteiger partial charge in [0.15, 0.2) is 0 Å². The Hall–Kier alpha value is -1.85. The minimum atomic E-state index is -1.00. The number of unbranched alkanes of at least 4 members (excludes halogenated alkanes) is 1. The number of aliphatic carboxylic acids is 1. The smallest absolute Gasteiger partial charge is 0.326 e. The SMILES string of the molecule is CCCCC(NC(=O)c1cc(C)n(C(CC)CC)n1)C(=O)O. The Morgan fingerprint density at radius 2 is 1.95 bits per heavy atom. The third-order valence-corrected chi connectivity index (χ3v) is 3.89. The van der Waals surface area contributed by atoms with Crippen LogP contribution < -0.4 is 5.32 Å². The molecule has 0 aliphatic rings. The Labute approximate surface area is 131 Å². The minimum absolute atomic E-state index is 0.261. The van der Waals surface area contributed by atoms with E-state index in [2.05, 4.69) is 24.3 Å². The Bertz CT molecular complexity index is 507. The molecule has 1 amide bonds. The molecule has 0 fully saturated rings. The predicted molar refractivity (Wildman–Crippen MR) is 85.0 cm³/mol. The minimum Gasteiger partial charge on any atom is -0.480 e. The summed E-state index contributed by atoms with van der Waals surface area (Å²) in [6, 6.07) is 1.12. The summed E-state index contributed by atoms with van der Waals surface area (Å²) >= 11 is 0. The topological polar surface area (TPSA) is 84.2 Å². The number of aryl methyl sites for hydroxylation is 1. The molecule has 1 aromatic rings. The molecule has 0 saturated heterocycles. The summed E-state index contributed by atoms with van der Waals surface area (Å²) in [6.45, 7) is 8.07. The number of nitrogens with zero attached hydrogens (tertiary/aromatic N) is 2. The molecule has 1 unspecified atom stereocenters. The average molecular weight is 309 g/mol. The number of hydrogen-bond donors (Lipinski definition) is 2. The highest BCUT2D eigenvalue weighted by Crippen LogP contribution is 2.18. The van der Waals surface area contributed by atoms with Crippen molar-refractivity contribution in [2.75, 3.05) is 0 Å². The summed E-state index contributed by atoms with van der Waals surface area (Å²) in [4.78, 5) is 23.4. The summed E-state index contributed by atoms with van der Waals surface area (Å²) < 4.78 is 1.86. The van der Waals surface area contributed by atoms with E-state index < -0.39 is 17.9 Å². The van der Waals surface area contributed by atoms with Gasteiger partial charge in [-0.1, -0.05) is 33.6 Å². The van der Waals surface area contributed by atoms with Gasteiger partial charge in [-0.05, 0) is 32.3 Å². The number of carboxylic acid groups (broad SMARTS) is 1. The highest BCUT2D eigenvalue weighted by atomic mass is 16.4. The molecule has 0 saturated carbocycles. The molecule has 2 N–H and O–H groups in total. The number of nitrogens with one attached hydrogen (secondary N) is 1. The van der Waals surface area contributed by atoms with Crippen LogP contribution in [0.15, 0.2) is 6.07 Å². The van der Waals surface area contributed by atoms with Crippen LogP contribution in [0.1, 0.15) is 75.1 Å². The molecule has 0 bridgehead atoms. The number of aromatic nitrogens is 2. The molecule has 1 rings (SSSR count). The van der Waals surface area contributed by atoms with Gasteiger partial charge in [0.1, 0.15) is 11.7 Å². The van der Waals surface area contributed by atoms with Gasteiger partial charge < -0.3 is 10.4 Å². The Kier molecular flexibility index (Phi) is 7.08. The first-order valence-electron chi connectivity index (χ1n) is 8.04. The fraction of sp³-hybridized carbons (Fsp3) is 0.688. The molecular formula is C16H27N3O3. The van der Waals surface area contributed by atoms with E-state index in [1.807, 2.05) is 18.5 Å². The normalized spacial score (nSPS) is 12.4. The van der Waals surface area contributed by atoms with E-state index in [-0.39, 0.29) is 11.7 Å². The van der Waals surface area contributed by atoms with E-state index in [0.717, 1.165) is 31.4 Å². The van der Waals surface area contributed by atoms with Crippen molar-refractivity contribution >= 4 is 11.9 Å². The number of carbonyl (C=O) groups is 2. The van der Waals surface area contributed by atoms with E-state index in [9.17, 15) is 14.7 Å². The van der Waals surface area contributed by atoms with Crippen molar-refractivity contribution in [2.24, 2.45) is 0 Å². The van der Waals surface area contributed by atoms with Crippen LogP contribution in [-0.2, 0) is 4.79 Å². The van der Waals surface area contributed by atoms with Crippen LogP contribution in [0.3, 0.4) is 0 Å². The fourth-order valence-corrected chi connectivity index (χ4v) is 2.50. The number of hydrogen-bond acceptors (Lipinski definition) is 3. The number of carboxylic acids is 1. The van der Waals surface area contributed by atoms with Gasteiger partial charge in [-0.3, -0.25) is 9.48 Å². The molecule has 0 spiro atoms. The monoisotopic (exact) mass is 309 g/mol. The van der Waals surface area contributed by atoms with E-state index in [0.29, 0.717) is 6.42 Å². The van der Waals surface area contributed by atoms with Crippen molar-refractivity contribution in [3.63, 3.8) is 0 Å². The lowest BCUT2D eigenvalue weighted by Gasteiger charge is -2.15. The standard InChI is InChI=1S/C16H27N3O3/c1-5-8-9-13(16(21)22)17-15(20)14-10-11(4)19(18-14)12(6-2)7-3/h10,12-13H,5-9H2,1-4H3,(H,17,20)(H,21,22). The highest BCUT2D eigenvalue weighted by Gasteiger charge is 2.22. The van der Waals surface area contributed by atoms with Gasteiger partial charge in [0.25, 0.3) is 5.91 Å². The van der Waals surface area contributed by atoms with Crippen molar-refractivity contribution in [1.29, 1.82) is 0 Å². The molecule has 0 radical (unpaired) electrons. The van der Waals surface area contributed by atoms with Crippen LogP contribution in [0, 0.1) is 6.92 Å². The molecule has 0 aromatic carbocycles. The quantitative estimate of drug-likeness (QED) is 0.734. The Morgan fingerprint density at radius 1 is 1.32 bits per heavy atom. The Morgan fingerprint density at radius 3 is 2.45 bits per heavy atom. The molecule has 6 nitrogen and oxygen atoms in total. The molecule has 22 heavy (non-hydrogen) atoms. The van der Waals surface area contributed by atoms with Gasteiger partial charge >= 0.3 is 5.97 Å². The van der Waals surface area contributed by atoms with Gasteiger partial charge in [0.2, 0.25) is 0 Å². The summed E-state index contributed by atoms with van der Waals surface area (Å²) in [5.41, 5.74) is 1.20. The van der Waals surface area contributed by atoms with Crippen LogP contribution >= 0.6 is 0 Å². The average Bonchev–Trinajstić information content (AvgIpc) is 2.86. The summed E-state index contributed by atoms with van der Waals surface area (Å²) in [7, 11) is 0. The van der Waals surface area contributed by atoms with Crippen molar-refractivity contribution in [2.45, 2.75) is 71.9 Å². The third kappa shape index (κ3) is 4.58. The number of rotatable bonds is 9. The van der Waals surface area contributed by atoms with Gasteiger partial charge in [-0.2, -0.15) is 5.10 Å². The molecule has 0 aliphatic heterocycles. The molecule has 1 atom stereocenters. The maximum atomic E-state index is 12.2. The second kappa shape index (κ2) is 8.56. The van der Waals surface area contributed by atoms with E-state index >= 15 is 0 Å². The number of amides is 1. The first-order valence-corrected chi connectivity index (χ1v) is 8.04. The third-order valence-electron chi connectivity index (χ3n) is 3.89. The lowest BCUT2D eigenvalue weighted by atomic mass is 10.1. The predicted octanol–water partition coefficient (Wildman–Crippen LogP) is 2.93. The summed E-state index contributed by atoms with van der Waals surface area (Å²) in [5.74, 6) is -1.42. The second-order valence-corrected chi connectivity index (χ2v) is 5.59. The molecule has 124 valence electrons. The van der Waals surface area contributed by atoms with Crippen molar-refractivity contribution in [3.05, 3.63) is 17.5 Å².